The molecular weight excluding hydrogens is 332 g/mol. The van der Waals surface area contributed by atoms with Crippen LogP contribution in [0.2, 0.25) is 0 Å². The van der Waals surface area contributed by atoms with Crippen LogP contribution in [-0.4, -0.2) is 36.9 Å². The number of fused-ring (bicyclic) bond motifs is 2. The lowest BCUT2D eigenvalue weighted by Gasteiger charge is -2.57. The molecule has 2 saturated carbocycles. The summed E-state index contributed by atoms with van der Waals surface area (Å²) < 4.78 is 11.1. The first-order chi connectivity index (χ1) is 12.2. The third-order valence-corrected chi connectivity index (χ3v) is 7.72. The Morgan fingerprint density at radius 1 is 1.27 bits per heavy atom. The summed E-state index contributed by atoms with van der Waals surface area (Å²) in [5.74, 6) is 0.140. The lowest BCUT2D eigenvalue weighted by atomic mass is 9.45. The van der Waals surface area contributed by atoms with Crippen molar-refractivity contribution in [3.05, 3.63) is 0 Å². The molecule has 0 aromatic rings. The number of rotatable bonds is 6. The normalized spacial score (nSPS) is 44.0. The summed E-state index contributed by atoms with van der Waals surface area (Å²) in [4.78, 5) is 36.9. The number of epoxide rings is 1. The summed E-state index contributed by atoms with van der Waals surface area (Å²) in [6, 6.07) is 0. The largest absolute Gasteiger partial charge is 0.469 e. The number of aldehydes is 1. The van der Waals surface area contributed by atoms with Gasteiger partial charge in [-0.05, 0) is 43.9 Å². The van der Waals surface area contributed by atoms with Gasteiger partial charge in [0.25, 0.3) is 0 Å². The Hall–Kier alpha value is -1.23. The van der Waals surface area contributed by atoms with Gasteiger partial charge in [0.2, 0.25) is 0 Å². The zero-order chi connectivity index (χ0) is 19.3. The van der Waals surface area contributed by atoms with Crippen molar-refractivity contribution in [1.82, 2.24) is 0 Å². The summed E-state index contributed by atoms with van der Waals surface area (Å²) in [6.07, 6.45) is 5.35. The molecule has 1 heterocycles. The minimum Gasteiger partial charge on any atom is -0.469 e. The first-order valence-corrected chi connectivity index (χ1v) is 9.91. The summed E-state index contributed by atoms with van der Waals surface area (Å²) >= 11 is 0. The molecule has 0 unspecified atom stereocenters. The van der Waals surface area contributed by atoms with Crippen LogP contribution in [0.1, 0.15) is 66.2 Å². The third-order valence-electron chi connectivity index (χ3n) is 7.72. The molecule has 146 valence electrons. The van der Waals surface area contributed by atoms with E-state index in [0.717, 1.165) is 32.0 Å². The Labute approximate surface area is 156 Å². The third kappa shape index (κ3) is 2.65. The Morgan fingerprint density at radius 2 is 1.96 bits per heavy atom. The second kappa shape index (κ2) is 6.43. The highest BCUT2D eigenvalue weighted by Crippen LogP contribution is 2.68. The number of hydrogen-bond acceptors (Lipinski definition) is 5. The molecule has 0 bridgehead atoms. The molecule has 1 aliphatic heterocycles. The molecule has 6 atom stereocenters. The Kier molecular flexibility index (Phi) is 4.83. The summed E-state index contributed by atoms with van der Waals surface area (Å²) in [5, 5.41) is 0. The predicted octanol–water partition coefficient (Wildman–Crippen LogP) is 3.33. The van der Waals surface area contributed by atoms with Gasteiger partial charge in [-0.2, -0.15) is 0 Å². The van der Waals surface area contributed by atoms with Crippen LogP contribution in [0.5, 0.6) is 0 Å². The smallest absolute Gasteiger partial charge is 0.311 e. The molecule has 3 rings (SSSR count). The van der Waals surface area contributed by atoms with Gasteiger partial charge in [-0.25, -0.2) is 0 Å². The van der Waals surface area contributed by atoms with Gasteiger partial charge in [0.1, 0.15) is 5.78 Å². The monoisotopic (exact) mass is 364 g/mol. The van der Waals surface area contributed by atoms with E-state index in [9.17, 15) is 14.4 Å². The maximum absolute atomic E-state index is 12.6. The minimum absolute atomic E-state index is 0.00279. The van der Waals surface area contributed by atoms with Crippen molar-refractivity contribution < 1.29 is 23.9 Å². The number of carbonyl (C=O) groups is 3. The van der Waals surface area contributed by atoms with Crippen LogP contribution in [0.15, 0.2) is 0 Å². The van der Waals surface area contributed by atoms with E-state index in [2.05, 4.69) is 6.92 Å². The molecule has 0 spiro atoms. The van der Waals surface area contributed by atoms with Gasteiger partial charge in [-0.3, -0.25) is 9.59 Å². The van der Waals surface area contributed by atoms with E-state index < -0.39 is 11.0 Å². The van der Waals surface area contributed by atoms with Crippen molar-refractivity contribution in [2.45, 2.75) is 77.9 Å². The van der Waals surface area contributed by atoms with Crippen LogP contribution in [0.4, 0.5) is 0 Å². The lowest BCUT2D eigenvalue weighted by molar-refractivity contribution is -0.171. The fraction of sp³-hybridized carbons (Fsp3) is 0.857. The van der Waals surface area contributed by atoms with Crippen molar-refractivity contribution in [2.24, 2.45) is 28.6 Å². The van der Waals surface area contributed by atoms with E-state index in [1.54, 1.807) is 0 Å². The number of Topliss-reactive ketones (excluding diaryl/α,β-unsaturated/α-hetero) is 1. The van der Waals surface area contributed by atoms with Gasteiger partial charge in [-0.15, -0.1) is 0 Å². The van der Waals surface area contributed by atoms with Gasteiger partial charge in [0.15, 0.2) is 11.9 Å². The molecule has 0 aromatic carbocycles. The predicted molar refractivity (Wildman–Crippen MR) is 96.4 cm³/mol. The molecule has 0 N–H and O–H groups in total. The average molecular weight is 364 g/mol. The van der Waals surface area contributed by atoms with E-state index in [4.69, 9.17) is 9.47 Å². The zero-order valence-corrected chi connectivity index (χ0v) is 16.7. The second-order valence-electron chi connectivity index (χ2n) is 9.35. The average Bonchev–Trinajstić information content (AvgIpc) is 3.32. The van der Waals surface area contributed by atoms with Crippen LogP contribution in [0, 0.1) is 28.6 Å². The number of carbonyl (C=O) groups excluding carboxylic acids is 3. The first kappa shape index (κ1) is 19.5. The number of ether oxygens (including phenoxy) is 2. The van der Waals surface area contributed by atoms with Crippen LogP contribution in [-0.2, 0) is 23.9 Å². The topological polar surface area (TPSA) is 73.0 Å². The van der Waals surface area contributed by atoms with Crippen molar-refractivity contribution in [3.8, 4) is 0 Å². The van der Waals surface area contributed by atoms with Gasteiger partial charge in [0, 0.05) is 18.3 Å². The Bertz CT molecular complexity index is 614. The fourth-order valence-corrected chi connectivity index (χ4v) is 6.13. The first-order valence-electron chi connectivity index (χ1n) is 9.91. The van der Waals surface area contributed by atoms with E-state index in [1.807, 2.05) is 20.8 Å². The maximum Gasteiger partial charge on any atom is 0.311 e. The van der Waals surface area contributed by atoms with Crippen LogP contribution in [0.25, 0.3) is 0 Å². The van der Waals surface area contributed by atoms with E-state index in [1.165, 1.54) is 7.11 Å². The molecule has 3 aliphatic rings. The number of ketones is 1. The lowest BCUT2D eigenvalue weighted by Crippen LogP contribution is -2.58. The van der Waals surface area contributed by atoms with Crippen LogP contribution >= 0.6 is 0 Å². The SMILES string of the molecule is COC(=O)[C@]1(C)CCC[C@]2(C)[C@@H](CCC(=O)C(C)C)[C@]3(C=O)O[C@@H]3C[C@H]21. The Morgan fingerprint density at radius 3 is 2.54 bits per heavy atom. The van der Waals surface area contributed by atoms with Crippen molar-refractivity contribution in [1.29, 1.82) is 0 Å². The molecule has 1 saturated heterocycles. The number of esters is 1. The van der Waals surface area contributed by atoms with Gasteiger partial charge in [-0.1, -0.05) is 27.2 Å². The highest BCUT2D eigenvalue weighted by molar-refractivity contribution is 5.80. The minimum atomic E-state index is -0.753. The molecule has 2 aliphatic carbocycles. The highest BCUT2D eigenvalue weighted by atomic mass is 16.6. The molecule has 5 nitrogen and oxygen atoms in total. The van der Waals surface area contributed by atoms with Gasteiger partial charge >= 0.3 is 5.97 Å². The van der Waals surface area contributed by atoms with Gasteiger partial charge in [0.05, 0.1) is 18.6 Å². The zero-order valence-electron chi connectivity index (χ0n) is 16.7. The molecule has 0 radical (unpaired) electrons. The highest BCUT2D eigenvalue weighted by Gasteiger charge is 2.73. The standard InChI is InChI=1S/C21H32O5/c1-13(2)14(23)7-8-15-19(3)9-6-10-20(4,18(24)25-5)16(19)11-17-21(15,12-22)26-17/h12-13,15-17H,6-11H2,1-5H3/t15-,16-,17-,19-,20-,21+/m1/s1. The molecule has 26 heavy (non-hydrogen) atoms. The van der Waals surface area contributed by atoms with Crippen LogP contribution in [0.3, 0.4) is 0 Å². The van der Waals surface area contributed by atoms with Crippen molar-refractivity contribution in [3.63, 3.8) is 0 Å². The second-order valence-corrected chi connectivity index (χ2v) is 9.35. The van der Waals surface area contributed by atoms with Gasteiger partial charge < -0.3 is 14.3 Å². The molecule has 0 amide bonds. The van der Waals surface area contributed by atoms with E-state index in [-0.39, 0.29) is 41.0 Å². The molecule has 0 aromatic heterocycles. The van der Waals surface area contributed by atoms with Crippen molar-refractivity contribution >= 4 is 18.0 Å². The molecular formula is C21H32O5. The van der Waals surface area contributed by atoms with E-state index >= 15 is 0 Å². The maximum atomic E-state index is 12.6. The fourth-order valence-electron chi connectivity index (χ4n) is 6.13. The molecule has 3 fully saturated rings. The van der Waals surface area contributed by atoms with Crippen molar-refractivity contribution in [2.75, 3.05) is 7.11 Å². The van der Waals surface area contributed by atoms with Crippen LogP contribution < -0.4 is 0 Å². The number of methoxy groups -OCH3 is 1. The quantitative estimate of drug-likeness (QED) is 0.411. The summed E-state index contributed by atoms with van der Waals surface area (Å²) in [7, 11) is 1.45. The molecule has 5 heteroatoms. The Balaban J connectivity index is 1.94. The summed E-state index contributed by atoms with van der Waals surface area (Å²) in [5.41, 5.74) is -1.51. The number of hydrogen-bond donors (Lipinski definition) is 0. The van der Waals surface area contributed by atoms with E-state index in [0.29, 0.717) is 12.8 Å². The summed E-state index contributed by atoms with van der Waals surface area (Å²) in [6.45, 7) is 8.03.